The molecule has 0 aliphatic heterocycles. The van der Waals surface area contributed by atoms with Crippen LogP contribution in [0.2, 0.25) is 0 Å². The highest BCUT2D eigenvalue weighted by Gasteiger charge is 2.23. The van der Waals surface area contributed by atoms with Gasteiger partial charge in [0, 0.05) is 32.4 Å². The Hall–Kier alpha value is -1.33. The summed E-state index contributed by atoms with van der Waals surface area (Å²) in [6.07, 6.45) is 3.66. The topological polar surface area (TPSA) is 54.7 Å². The van der Waals surface area contributed by atoms with Crippen molar-refractivity contribution < 1.29 is 14.6 Å². The Kier molecular flexibility index (Phi) is 7.33. The molecule has 0 atom stereocenters. The van der Waals surface area contributed by atoms with Gasteiger partial charge in [0.15, 0.2) is 0 Å². The van der Waals surface area contributed by atoms with Crippen molar-refractivity contribution in [2.24, 2.45) is 0 Å². The molecule has 1 amide bonds. The molecule has 0 aliphatic carbocycles. The lowest BCUT2D eigenvalue weighted by Gasteiger charge is -2.30. The van der Waals surface area contributed by atoms with Gasteiger partial charge in [-0.1, -0.05) is 13.8 Å². The molecule has 20 heavy (non-hydrogen) atoms. The molecule has 1 N–H and O–H groups in total. The van der Waals surface area contributed by atoms with Crippen molar-refractivity contribution in [2.45, 2.75) is 39.3 Å². The lowest BCUT2D eigenvalue weighted by atomic mass is 10.1. The summed E-state index contributed by atoms with van der Waals surface area (Å²) in [5.74, 6) is -0.0196. The Balaban J connectivity index is 2.91. The van der Waals surface area contributed by atoms with Crippen molar-refractivity contribution >= 4 is 5.91 Å². The summed E-state index contributed by atoms with van der Waals surface area (Å²) in [5.41, 5.74) is 0.655. The van der Waals surface area contributed by atoms with Crippen LogP contribution in [0.25, 0.3) is 0 Å². The van der Waals surface area contributed by atoms with Gasteiger partial charge in [0.25, 0.3) is 5.91 Å². The summed E-state index contributed by atoms with van der Waals surface area (Å²) in [4.78, 5) is 14.5. The van der Waals surface area contributed by atoms with Crippen LogP contribution >= 0.6 is 0 Å². The summed E-state index contributed by atoms with van der Waals surface area (Å²) in [7, 11) is 1.65. The first-order chi connectivity index (χ1) is 9.69. The number of aromatic nitrogens is 1. The number of ether oxygens (including phenoxy) is 1. The third-order valence-corrected chi connectivity index (χ3v) is 3.57. The van der Waals surface area contributed by atoms with E-state index in [9.17, 15) is 9.90 Å². The minimum Gasteiger partial charge on any atom is -0.395 e. The highest BCUT2D eigenvalue weighted by Crippen LogP contribution is 2.14. The number of carbonyl (C=O) groups excluding carboxylic acids is 1. The number of hydrogen-bond acceptors (Lipinski definition) is 3. The van der Waals surface area contributed by atoms with Crippen LogP contribution in [0.1, 0.15) is 37.2 Å². The molecule has 0 aliphatic rings. The first kappa shape index (κ1) is 16.7. The van der Waals surface area contributed by atoms with E-state index >= 15 is 0 Å². The fourth-order valence-electron chi connectivity index (χ4n) is 2.43. The molecular formula is C15H26N2O3. The second-order valence-electron chi connectivity index (χ2n) is 4.77. The lowest BCUT2D eigenvalue weighted by Crippen LogP contribution is -2.42. The van der Waals surface area contributed by atoms with Crippen LogP contribution in [0.5, 0.6) is 0 Å². The third-order valence-electron chi connectivity index (χ3n) is 3.57. The minimum absolute atomic E-state index is 0.0129. The molecule has 0 spiro atoms. The van der Waals surface area contributed by atoms with Crippen molar-refractivity contribution in [3.05, 3.63) is 24.0 Å². The van der Waals surface area contributed by atoms with Crippen molar-refractivity contribution in [1.29, 1.82) is 0 Å². The Bertz CT molecular complexity index is 400. The van der Waals surface area contributed by atoms with E-state index < -0.39 is 0 Å². The van der Waals surface area contributed by atoms with Crippen LogP contribution in [0.15, 0.2) is 18.3 Å². The summed E-state index contributed by atoms with van der Waals surface area (Å²) >= 11 is 0. The van der Waals surface area contributed by atoms with E-state index in [1.165, 1.54) is 0 Å². The summed E-state index contributed by atoms with van der Waals surface area (Å²) in [5, 5.41) is 9.21. The van der Waals surface area contributed by atoms with E-state index in [1.807, 2.05) is 22.9 Å². The summed E-state index contributed by atoms with van der Waals surface area (Å²) < 4.78 is 6.96. The zero-order valence-corrected chi connectivity index (χ0v) is 12.7. The van der Waals surface area contributed by atoms with Crippen LogP contribution < -0.4 is 0 Å². The number of nitrogens with zero attached hydrogens (tertiary/aromatic N) is 2. The maximum atomic E-state index is 12.7. The van der Waals surface area contributed by atoms with Gasteiger partial charge in [-0.05, 0) is 25.0 Å². The van der Waals surface area contributed by atoms with Crippen molar-refractivity contribution in [1.82, 2.24) is 9.47 Å². The van der Waals surface area contributed by atoms with E-state index in [4.69, 9.17) is 4.74 Å². The maximum Gasteiger partial charge on any atom is 0.270 e. The van der Waals surface area contributed by atoms with Gasteiger partial charge < -0.3 is 19.3 Å². The lowest BCUT2D eigenvalue weighted by molar-refractivity contribution is 0.0609. The molecule has 1 heterocycles. The highest BCUT2D eigenvalue weighted by atomic mass is 16.5. The first-order valence-corrected chi connectivity index (χ1v) is 7.25. The van der Waals surface area contributed by atoms with E-state index in [0.29, 0.717) is 25.4 Å². The Morgan fingerprint density at radius 3 is 2.70 bits per heavy atom. The van der Waals surface area contributed by atoms with Crippen molar-refractivity contribution in [3.63, 3.8) is 0 Å². The number of aliphatic hydroxyl groups is 1. The number of rotatable bonds is 9. The summed E-state index contributed by atoms with van der Waals surface area (Å²) in [6.45, 7) is 5.72. The highest BCUT2D eigenvalue weighted by molar-refractivity contribution is 5.93. The molecule has 0 saturated heterocycles. The number of amides is 1. The van der Waals surface area contributed by atoms with Gasteiger partial charge in [0.05, 0.1) is 13.2 Å². The van der Waals surface area contributed by atoms with Crippen LogP contribution in [-0.2, 0) is 11.3 Å². The van der Waals surface area contributed by atoms with E-state index in [-0.39, 0.29) is 18.6 Å². The first-order valence-electron chi connectivity index (χ1n) is 7.25. The molecule has 114 valence electrons. The average Bonchev–Trinajstić information content (AvgIpc) is 2.93. The number of methoxy groups -OCH3 is 1. The van der Waals surface area contributed by atoms with Gasteiger partial charge in [0.2, 0.25) is 0 Å². The zero-order chi connectivity index (χ0) is 15.0. The third kappa shape index (κ3) is 4.08. The smallest absolute Gasteiger partial charge is 0.270 e. The largest absolute Gasteiger partial charge is 0.395 e. The van der Waals surface area contributed by atoms with Crippen LogP contribution in [-0.4, -0.2) is 53.4 Å². The van der Waals surface area contributed by atoms with E-state index in [0.717, 1.165) is 12.8 Å². The Morgan fingerprint density at radius 2 is 2.15 bits per heavy atom. The second kappa shape index (κ2) is 8.76. The minimum atomic E-state index is -0.0196. The van der Waals surface area contributed by atoms with E-state index in [1.54, 1.807) is 12.0 Å². The van der Waals surface area contributed by atoms with Gasteiger partial charge >= 0.3 is 0 Å². The zero-order valence-electron chi connectivity index (χ0n) is 12.7. The van der Waals surface area contributed by atoms with Gasteiger partial charge in [-0.15, -0.1) is 0 Å². The average molecular weight is 282 g/mol. The fraction of sp³-hybridized carbons (Fsp3) is 0.667. The second-order valence-corrected chi connectivity index (χ2v) is 4.77. The summed E-state index contributed by atoms with van der Waals surface area (Å²) in [6, 6.07) is 3.86. The van der Waals surface area contributed by atoms with Crippen molar-refractivity contribution in [3.8, 4) is 0 Å². The monoisotopic (exact) mass is 282 g/mol. The predicted molar refractivity (Wildman–Crippen MR) is 78.8 cm³/mol. The van der Waals surface area contributed by atoms with Crippen LogP contribution in [0.3, 0.4) is 0 Å². The molecule has 0 unspecified atom stereocenters. The fourth-order valence-corrected chi connectivity index (χ4v) is 2.43. The Morgan fingerprint density at radius 1 is 1.45 bits per heavy atom. The van der Waals surface area contributed by atoms with Gasteiger partial charge in [-0.25, -0.2) is 0 Å². The molecule has 1 aromatic heterocycles. The normalized spacial score (nSPS) is 11.1. The van der Waals surface area contributed by atoms with Crippen LogP contribution in [0, 0.1) is 0 Å². The predicted octanol–water partition coefficient (Wildman–Crippen LogP) is 1.76. The van der Waals surface area contributed by atoms with Crippen molar-refractivity contribution in [2.75, 3.05) is 26.9 Å². The molecule has 0 bridgehead atoms. The molecule has 0 fully saturated rings. The molecule has 5 nitrogen and oxygen atoms in total. The Labute approximate surface area is 121 Å². The van der Waals surface area contributed by atoms with Gasteiger partial charge in [-0.3, -0.25) is 4.79 Å². The molecule has 0 radical (unpaired) electrons. The van der Waals surface area contributed by atoms with Crippen LogP contribution in [0.4, 0.5) is 0 Å². The van der Waals surface area contributed by atoms with E-state index in [2.05, 4.69) is 13.8 Å². The molecule has 5 heteroatoms. The SMILES string of the molecule is CCC(CC)N(CCO)C(=O)c1cccn1CCOC. The van der Waals surface area contributed by atoms with Gasteiger partial charge in [0.1, 0.15) is 5.69 Å². The quantitative estimate of drug-likeness (QED) is 0.751. The number of carbonyl (C=O) groups is 1. The molecule has 1 rings (SSSR count). The molecule has 1 aromatic rings. The number of hydrogen-bond donors (Lipinski definition) is 1. The molecular weight excluding hydrogens is 256 g/mol. The maximum absolute atomic E-state index is 12.7. The number of aliphatic hydroxyl groups excluding tert-OH is 1. The molecule has 0 saturated carbocycles. The standard InChI is InChI=1S/C15H26N2O3/c1-4-13(5-2)17(9-11-18)15(19)14-7-6-8-16(14)10-12-20-3/h6-8,13,18H,4-5,9-12H2,1-3H3. The van der Waals surface area contributed by atoms with Gasteiger partial charge in [-0.2, -0.15) is 0 Å². The molecule has 0 aromatic carbocycles.